The molecule has 18 heteroatoms. The predicted molar refractivity (Wildman–Crippen MR) is 125 cm³/mol. The highest BCUT2D eigenvalue weighted by molar-refractivity contribution is 5.75. The summed E-state index contributed by atoms with van der Waals surface area (Å²) in [5, 5.41) is 15.6. The molecule has 0 unspecified atom stereocenters. The fourth-order valence-corrected chi connectivity index (χ4v) is 0.997. The third-order valence-corrected chi connectivity index (χ3v) is 2.29. The van der Waals surface area contributed by atoms with Crippen LogP contribution in [0.3, 0.4) is 0 Å². The van der Waals surface area contributed by atoms with Gasteiger partial charge in [-0.3, -0.25) is 0 Å². The summed E-state index contributed by atoms with van der Waals surface area (Å²) < 4.78 is 9.79. The molecule has 1 amide bonds. The monoisotopic (exact) mass is 540 g/mol. The van der Waals surface area contributed by atoms with E-state index in [-0.39, 0.29) is 0 Å². The van der Waals surface area contributed by atoms with Crippen molar-refractivity contribution in [3.63, 3.8) is 0 Å². The molecule has 206 valence electrons. The number of aliphatic imine (C=N–C) groups is 6. The topological polar surface area (TPSA) is 270 Å². The highest BCUT2D eigenvalue weighted by Gasteiger charge is 2.12. The number of carboxylic acids is 1. The van der Waals surface area contributed by atoms with Gasteiger partial charge in [0.15, 0.2) is 6.17 Å². The SMILES string of the molecule is C=COCCCCOC=C.CC(N=C=O)N=C=O.CN=C=O.O=C=NC(=O)O.O=C=NC(N=C=O)C(=O)O. The van der Waals surface area contributed by atoms with Gasteiger partial charge in [0.25, 0.3) is 6.17 Å². The molecule has 0 aliphatic heterocycles. The van der Waals surface area contributed by atoms with Gasteiger partial charge >= 0.3 is 12.1 Å². The first-order chi connectivity index (χ1) is 18.1. The average Bonchev–Trinajstić information content (AvgIpc) is 2.87. The van der Waals surface area contributed by atoms with Gasteiger partial charge in [-0.05, 0) is 19.8 Å². The minimum Gasteiger partial charge on any atom is -0.502 e. The molecular formula is C20H24N6O12. The third-order valence-electron chi connectivity index (χ3n) is 2.29. The zero-order chi connectivity index (χ0) is 30.5. The van der Waals surface area contributed by atoms with E-state index in [1.807, 2.05) is 0 Å². The number of rotatable bonds is 12. The molecule has 2 N–H and O–H groups in total. The molecule has 0 aliphatic carbocycles. The van der Waals surface area contributed by atoms with Crippen molar-refractivity contribution in [2.24, 2.45) is 30.0 Å². The van der Waals surface area contributed by atoms with Crippen molar-refractivity contribution in [3.8, 4) is 0 Å². The summed E-state index contributed by atoms with van der Waals surface area (Å²) in [7, 11) is 1.38. The lowest BCUT2D eigenvalue weighted by molar-refractivity contribution is -0.138. The van der Waals surface area contributed by atoms with Crippen LogP contribution in [0.1, 0.15) is 19.8 Å². The molecule has 0 saturated carbocycles. The average molecular weight is 540 g/mol. The van der Waals surface area contributed by atoms with Crippen molar-refractivity contribution >= 4 is 48.5 Å². The number of hydrogen-bond acceptors (Lipinski definition) is 15. The summed E-state index contributed by atoms with van der Waals surface area (Å²) in [5.74, 6) is -1.49. The lowest BCUT2D eigenvalue weighted by Crippen LogP contribution is -2.14. The van der Waals surface area contributed by atoms with Crippen LogP contribution in [0, 0.1) is 0 Å². The van der Waals surface area contributed by atoms with Gasteiger partial charge in [0, 0.05) is 7.05 Å². The fourth-order valence-electron chi connectivity index (χ4n) is 0.997. The number of nitrogens with zero attached hydrogens (tertiary/aromatic N) is 6. The number of unbranched alkanes of at least 4 members (excludes halogenated alkanes) is 1. The van der Waals surface area contributed by atoms with Crippen molar-refractivity contribution in [2.45, 2.75) is 32.1 Å². The molecular weight excluding hydrogens is 516 g/mol. The van der Waals surface area contributed by atoms with Crippen LogP contribution in [0.2, 0.25) is 0 Å². The van der Waals surface area contributed by atoms with Gasteiger partial charge in [-0.1, -0.05) is 18.2 Å². The molecule has 0 heterocycles. The maximum atomic E-state index is 9.93. The molecule has 18 nitrogen and oxygen atoms in total. The molecule has 0 radical (unpaired) electrons. The largest absolute Gasteiger partial charge is 0.502 e. The molecule has 0 rings (SSSR count). The van der Waals surface area contributed by atoms with Gasteiger partial charge in [0.1, 0.15) is 0 Å². The van der Waals surface area contributed by atoms with E-state index in [1.165, 1.54) is 44.7 Å². The number of carboxylic acid groups (broad SMARTS) is 2. The standard InChI is InChI=1S/C8H14O2.C4H2N2O4.C4H4N2O2.C2HNO3.C2H3NO/c1-3-9-7-5-6-8-10-4-2;7-1-5-3(4(9)10)6-2-8;1-4(5-2-7)6-3-8;4-1-3-2(5)6;1-3-2-4/h3-4H,1-2,5-8H2;3H,(H,9,10);4H,1H3;(H,5,6);1H3. The quantitative estimate of drug-likeness (QED) is 0.152. The Kier molecular flexibility index (Phi) is 46.4. The van der Waals surface area contributed by atoms with Gasteiger partial charge in [-0.2, -0.15) is 20.0 Å². The molecule has 0 fully saturated rings. The minimum absolute atomic E-state index is 0.634. The highest BCUT2D eigenvalue weighted by atomic mass is 16.5. The van der Waals surface area contributed by atoms with E-state index in [1.54, 1.807) is 0 Å². The van der Waals surface area contributed by atoms with Crippen LogP contribution >= 0.6 is 0 Å². The first-order valence-corrected chi connectivity index (χ1v) is 9.36. The molecule has 0 aromatic carbocycles. The second-order valence-corrected chi connectivity index (χ2v) is 4.81. The number of isocyanates is 6. The Morgan fingerprint density at radius 3 is 1.32 bits per heavy atom. The smallest absolute Gasteiger partial charge is 0.442 e. The van der Waals surface area contributed by atoms with Gasteiger partial charge in [0.2, 0.25) is 36.5 Å². The van der Waals surface area contributed by atoms with E-state index < -0.39 is 24.4 Å². The Hall–Kier alpha value is -5.70. The second-order valence-electron chi connectivity index (χ2n) is 4.81. The number of ether oxygens (including phenoxy) is 2. The van der Waals surface area contributed by atoms with Crippen LogP contribution in [0.25, 0.3) is 0 Å². The molecule has 0 aliphatic rings. The minimum atomic E-state index is -1.70. The molecule has 0 spiro atoms. The fraction of sp³-hybridized carbons (Fsp3) is 0.400. The Labute approximate surface area is 215 Å². The summed E-state index contributed by atoms with van der Waals surface area (Å²) in [5.41, 5.74) is 0. The zero-order valence-corrected chi connectivity index (χ0v) is 20.2. The Bertz CT molecular complexity index is 912. The van der Waals surface area contributed by atoms with Gasteiger partial charge in [-0.15, -0.1) is 0 Å². The predicted octanol–water partition coefficient (Wildman–Crippen LogP) is 1.11. The van der Waals surface area contributed by atoms with Crippen LogP contribution in [0.15, 0.2) is 55.6 Å². The van der Waals surface area contributed by atoms with E-state index >= 15 is 0 Å². The maximum Gasteiger partial charge on any atom is 0.442 e. The second kappa shape index (κ2) is 41.5. The lowest BCUT2D eigenvalue weighted by atomic mass is 10.3. The van der Waals surface area contributed by atoms with Crippen molar-refractivity contribution < 1.29 is 58.0 Å². The van der Waals surface area contributed by atoms with Gasteiger partial charge < -0.3 is 19.7 Å². The molecule has 0 aromatic heterocycles. The third kappa shape index (κ3) is 57.3. The van der Waals surface area contributed by atoms with Crippen LogP contribution in [0.5, 0.6) is 0 Å². The van der Waals surface area contributed by atoms with E-state index in [0.717, 1.165) is 44.3 Å². The van der Waals surface area contributed by atoms with E-state index in [0.29, 0.717) is 0 Å². The Morgan fingerprint density at radius 1 is 0.763 bits per heavy atom. The maximum absolute atomic E-state index is 9.93. The normalized spacial score (nSPS) is 8.58. The Morgan fingerprint density at radius 2 is 1.13 bits per heavy atom. The molecule has 0 bridgehead atoms. The molecule has 38 heavy (non-hydrogen) atoms. The first-order valence-electron chi connectivity index (χ1n) is 9.36. The first kappa shape index (κ1) is 42.5. The van der Waals surface area contributed by atoms with Crippen LogP contribution in [0.4, 0.5) is 4.79 Å². The zero-order valence-electron chi connectivity index (χ0n) is 20.2. The van der Waals surface area contributed by atoms with Crippen molar-refractivity contribution in [1.82, 2.24) is 0 Å². The molecule has 0 aromatic rings. The Balaban J connectivity index is -0.000000123. The van der Waals surface area contributed by atoms with Crippen molar-refractivity contribution in [1.29, 1.82) is 0 Å². The van der Waals surface area contributed by atoms with Crippen LogP contribution < -0.4 is 0 Å². The number of carbonyl (C=O) groups excluding carboxylic acids is 6. The number of carbonyl (C=O) groups is 2. The van der Waals surface area contributed by atoms with Crippen molar-refractivity contribution in [2.75, 3.05) is 20.3 Å². The molecule has 0 saturated heterocycles. The number of hydrogen-bond donors (Lipinski definition) is 2. The van der Waals surface area contributed by atoms with Crippen LogP contribution in [-0.4, -0.2) is 91.3 Å². The van der Waals surface area contributed by atoms with Gasteiger partial charge in [0.05, 0.1) is 25.7 Å². The summed E-state index contributed by atoms with van der Waals surface area (Å²) in [6.45, 7) is 9.78. The summed E-state index contributed by atoms with van der Waals surface area (Å²) >= 11 is 0. The molecule has 0 atom stereocenters. The van der Waals surface area contributed by atoms with Crippen molar-refractivity contribution in [3.05, 3.63) is 25.7 Å². The summed E-state index contributed by atoms with van der Waals surface area (Å²) in [6, 6.07) is 0. The lowest BCUT2D eigenvalue weighted by Gasteiger charge is -1.99. The van der Waals surface area contributed by atoms with E-state index in [2.05, 4.69) is 43.1 Å². The number of aliphatic carboxylic acids is 1. The highest BCUT2D eigenvalue weighted by Crippen LogP contribution is 1.91. The summed E-state index contributed by atoms with van der Waals surface area (Å²) in [4.78, 5) is 91.3. The van der Waals surface area contributed by atoms with Crippen LogP contribution in [-0.2, 0) is 43.0 Å². The summed E-state index contributed by atoms with van der Waals surface area (Å²) in [6.07, 6.45) is 7.63. The van der Waals surface area contributed by atoms with E-state index in [4.69, 9.17) is 29.3 Å². The number of amides is 1. The van der Waals surface area contributed by atoms with E-state index in [9.17, 15) is 28.8 Å². The van der Waals surface area contributed by atoms with Gasteiger partial charge in [-0.25, -0.2) is 43.3 Å².